The first kappa shape index (κ1) is 15.2. The molecule has 0 aliphatic carbocycles. The molecule has 1 heterocycles. The molecule has 1 aliphatic heterocycles. The van der Waals surface area contributed by atoms with Crippen molar-refractivity contribution in [3.8, 4) is 0 Å². The number of aldehydes is 1. The zero-order valence-electron chi connectivity index (χ0n) is 12.1. The largest absolute Gasteiger partial charge is 0.376 e. The fourth-order valence-corrected chi connectivity index (χ4v) is 2.16. The van der Waals surface area contributed by atoms with E-state index in [9.17, 15) is 9.59 Å². The summed E-state index contributed by atoms with van der Waals surface area (Å²) in [5.41, 5.74) is -0.174. The summed E-state index contributed by atoms with van der Waals surface area (Å²) in [5.74, 6) is 0.266. The molecule has 0 aromatic carbocycles. The van der Waals surface area contributed by atoms with Gasteiger partial charge in [0.05, 0.1) is 18.2 Å². The molecule has 4 nitrogen and oxygen atoms in total. The highest BCUT2D eigenvalue weighted by molar-refractivity contribution is 5.82. The van der Waals surface area contributed by atoms with Gasteiger partial charge in [-0.1, -0.05) is 13.8 Å². The summed E-state index contributed by atoms with van der Waals surface area (Å²) in [6.07, 6.45) is 1.61. The van der Waals surface area contributed by atoms with Crippen molar-refractivity contribution in [2.45, 2.75) is 52.7 Å². The molecule has 1 rings (SSSR count). The van der Waals surface area contributed by atoms with Crippen molar-refractivity contribution in [1.29, 1.82) is 0 Å². The maximum Gasteiger partial charge on any atom is 0.225 e. The van der Waals surface area contributed by atoms with Crippen LogP contribution in [-0.2, 0) is 14.3 Å². The van der Waals surface area contributed by atoms with E-state index in [0.29, 0.717) is 13.2 Å². The van der Waals surface area contributed by atoms with Gasteiger partial charge in [0, 0.05) is 18.4 Å². The van der Waals surface area contributed by atoms with Crippen LogP contribution < -0.4 is 0 Å². The number of nitrogens with zero attached hydrogens (tertiary/aromatic N) is 1. The van der Waals surface area contributed by atoms with Crippen LogP contribution in [0.4, 0.5) is 0 Å². The number of carbonyl (C=O) groups excluding carboxylic acids is 2. The van der Waals surface area contributed by atoms with Gasteiger partial charge >= 0.3 is 0 Å². The SMILES string of the molecule is CC(C)C(=O)N1CC(COC(C)(C)C)C[C@H]1C=O. The fourth-order valence-electron chi connectivity index (χ4n) is 2.16. The predicted octanol–water partition coefficient (Wildman–Crippen LogP) is 1.87. The smallest absolute Gasteiger partial charge is 0.225 e. The Morgan fingerprint density at radius 1 is 1.44 bits per heavy atom. The van der Waals surface area contributed by atoms with Crippen LogP contribution in [0.3, 0.4) is 0 Å². The van der Waals surface area contributed by atoms with Crippen molar-refractivity contribution >= 4 is 12.2 Å². The van der Waals surface area contributed by atoms with Crippen molar-refractivity contribution in [3.63, 3.8) is 0 Å². The molecule has 4 heteroatoms. The lowest BCUT2D eigenvalue weighted by molar-refractivity contribution is -0.137. The molecule has 0 radical (unpaired) electrons. The molecule has 18 heavy (non-hydrogen) atoms. The van der Waals surface area contributed by atoms with Gasteiger partial charge in [0.2, 0.25) is 5.91 Å². The Kier molecular flexibility index (Phi) is 4.91. The molecule has 1 fully saturated rings. The van der Waals surface area contributed by atoms with E-state index in [0.717, 1.165) is 12.7 Å². The number of ether oxygens (including phenoxy) is 1. The van der Waals surface area contributed by atoms with Gasteiger partial charge in [-0.25, -0.2) is 0 Å². The van der Waals surface area contributed by atoms with Crippen LogP contribution >= 0.6 is 0 Å². The van der Waals surface area contributed by atoms with Crippen molar-refractivity contribution < 1.29 is 14.3 Å². The molecule has 1 aliphatic rings. The fraction of sp³-hybridized carbons (Fsp3) is 0.857. The summed E-state index contributed by atoms with van der Waals surface area (Å²) in [6, 6.07) is -0.270. The van der Waals surface area contributed by atoms with E-state index in [1.807, 2.05) is 34.6 Å². The van der Waals surface area contributed by atoms with E-state index in [1.54, 1.807) is 4.90 Å². The summed E-state index contributed by atoms with van der Waals surface area (Å²) in [5, 5.41) is 0. The summed E-state index contributed by atoms with van der Waals surface area (Å²) in [4.78, 5) is 24.7. The minimum Gasteiger partial charge on any atom is -0.376 e. The molecule has 0 aromatic rings. The average molecular weight is 255 g/mol. The Labute approximate surface area is 110 Å². The maximum atomic E-state index is 12.0. The number of hydrogen-bond acceptors (Lipinski definition) is 3. The third-order valence-corrected chi connectivity index (χ3v) is 3.12. The Balaban J connectivity index is 2.58. The lowest BCUT2D eigenvalue weighted by Gasteiger charge is -2.23. The second-order valence-corrected chi connectivity index (χ2v) is 6.37. The number of likely N-dealkylation sites (tertiary alicyclic amines) is 1. The van der Waals surface area contributed by atoms with Crippen molar-refractivity contribution in [3.05, 3.63) is 0 Å². The van der Waals surface area contributed by atoms with Gasteiger partial charge in [-0.2, -0.15) is 0 Å². The summed E-state index contributed by atoms with van der Waals surface area (Å²) in [7, 11) is 0. The topological polar surface area (TPSA) is 46.6 Å². The first-order valence-electron chi connectivity index (χ1n) is 6.64. The van der Waals surface area contributed by atoms with Crippen LogP contribution in [0.25, 0.3) is 0 Å². The molecule has 0 saturated carbocycles. The minimum atomic E-state index is -0.270. The van der Waals surface area contributed by atoms with Crippen LogP contribution in [0.15, 0.2) is 0 Å². The number of rotatable bonds is 4. The first-order valence-corrected chi connectivity index (χ1v) is 6.64. The van der Waals surface area contributed by atoms with Gasteiger partial charge in [0.15, 0.2) is 0 Å². The van der Waals surface area contributed by atoms with Gasteiger partial charge in [-0.3, -0.25) is 4.79 Å². The number of amides is 1. The number of carbonyl (C=O) groups is 2. The number of hydrogen-bond donors (Lipinski definition) is 0. The molecule has 0 bridgehead atoms. The lowest BCUT2D eigenvalue weighted by atomic mass is 10.1. The molecule has 0 spiro atoms. The normalized spacial score (nSPS) is 24.7. The molecular weight excluding hydrogens is 230 g/mol. The van der Waals surface area contributed by atoms with Crippen LogP contribution in [0.2, 0.25) is 0 Å². The van der Waals surface area contributed by atoms with E-state index in [-0.39, 0.29) is 29.4 Å². The Morgan fingerprint density at radius 3 is 2.50 bits per heavy atom. The predicted molar refractivity (Wildman–Crippen MR) is 70.2 cm³/mol. The lowest BCUT2D eigenvalue weighted by Crippen LogP contribution is -2.39. The van der Waals surface area contributed by atoms with E-state index in [2.05, 4.69) is 0 Å². The first-order chi connectivity index (χ1) is 8.24. The van der Waals surface area contributed by atoms with Crippen LogP contribution in [0.5, 0.6) is 0 Å². The Bertz CT molecular complexity index is 307. The molecule has 1 saturated heterocycles. The Morgan fingerprint density at radius 2 is 2.06 bits per heavy atom. The molecule has 2 atom stereocenters. The standard InChI is InChI=1S/C14H25NO3/c1-10(2)13(17)15-7-11(6-12(15)8-16)9-18-14(3,4)5/h8,10-12H,6-7,9H2,1-5H3/t11?,12-/m0/s1. The quantitative estimate of drug-likeness (QED) is 0.720. The highest BCUT2D eigenvalue weighted by Gasteiger charge is 2.36. The maximum absolute atomic E-state index is 12.0. The third kappa shape index (κ3) is 4.09. The molecule has 104 valence electrons. The molecular formula is C14H25NO3. The van der Waals surface area contributed by atoms with Crippen molar-refractivity contribution in [2.24, 2.45) is 11.8 Å². The summed E-state index contributed by atoms with van der Waals surface area (Å²) < 4.78 is 5.74. The molecule has 0 N–H and O–H groups in total. The van der Waals surface area contributed by atoms with E-state index >= 15 is 0 Å². The monoisotopic (exact) mass is 255 g/mol. The van der Waals surface area contributed by atoms with Crippen LogP contribution in [-0.4, -0.2) is 41.9 Å². The van der Waals surface area contributed by atoms with E-state index in [1.165, 1.54) is 0 Å². The second kappa shape index (κ2) is 5.83. The summed E-state index contributed by atoms with van der Waals surface area (Å²) in [6.45, 7) is 11.0. The average Bonchev–Trinajstić information content (AvgIpc) is 2.67. The minimum absolute atomic E-state index is 0.0604. The van der Waals surface area contributed by atoms with Gasteiger partial charge in [-0.05, 0) is 27.2 Å². The van der Waals surface area contributed by atoms with E-state index in [4.69, 9.17) is 4.74 Å². The zero-order chi connectivity index (χ0) is 13.9. The van der Waals surface area contributed by atoms with Crippen molar-refractivity contribution in [1.82, 2.24) is 4.90 Å². The van der Waals surface area contributed by atoms with Crippen molar-refractivity contribution in [2.75, 3.05) is 13.2 Å². The van der Waals surface area contributed by atoms with Gasteiger partial charge < -0.3 is 14.4 Å². The van der Waals surface area contributed by atoms with E-state index < -0.39 is 0 Å². The molecule has 0 aromatic heterocycles. The highest BCUT2D eigenvalue weighted by Crippen LogP contribution is 2.25. The van der Waals surface area contributed by atoms with Gasteiger partial charge in [-0.15, -0.1) is 0 Å². The van der Waals surface area contributed by atoms with Gasteiger partial charge in [0.25, 0.3) is 0 Å². The van der Waals surface area contributed by atoms with Gasteiger partial charge in [0.1, 0.15) is 6.29 Å². The van der Waals surface area contributed by atoms with Crippen LogP contribution in [0, 0.1) is 11.8 Å². The highest BCUT2D eigenvalue weighted by atomic mass is 16.5. The summed E-state index contributed by atoms with van der Waals surface area (Å²) >= 11 is 0. The second-order valence-electron chi connectivity index (χ2n) is 6.37. The molecule has 1 unspecified atom stereocenters. The molecule has 1 amide bonds. The Hall–Kier alpha value is -0.900. The zero-order valence-corrected chi connectivity index (χ0v) is 12.1. The third-order valence-electron chi connectivity index (χ3n) is 3.12. The van der Waals surface area contributed by atoms with Crippen LogP contribution in [0.1, 0.15) is 41.0 Å².